The first-order valence-corrected chi connectivity index (χ1v) is 6.66. The lowest BCUT2D eigenvalue weighted by Gasteiger charge is -2.02. The minimum absolute atomic E-state index is 0.228. The van der Waals surface area contributed by atoms with E-state index in [9.17, 15) is 4.79 Å². The predicted octanol–water partition coefficient (Wildman–Crippen LogP) is 3.65. The molecule has 0 radical (unpaired) electrons. The fourth-order valence-electron chi connectivity index (χ4n) is 1.08. The number of nitrogens with one attached hydrogen (secondary N) is 1. The third kappa shape index (κ3) is 2.72. The lowest BCUT2D eigenvalue weighted by Crippen LogP contribution is -2.11. The van der Waals surface area contributed by atoms with Crippen LogP contribution in [0.3, 0.4) is 0 Å². The number of thiophene rings is 1. The average Bonchev–Trinajstić information content (AvgIpc) is 2.68. The maximum Gasteiger partial charge on any atom is 0.268 e. The van der Waals surface area contributed by atoms with Crippen LogP contribution in [0.2, 0.25) is 5.02 Å². The van der Waals surface area contributed by atoms with E-state index in [0.29, 0.717) is 15.7 Å². The van der Waals surface area contributed by atoms with Crippen molar-refractivity contribution in [2.24, 2.45) is 0 Å². The van der Waals surface area contributed by atoms with E-state index in [1.54, 1.807) is 23.7 Å². The zero-order chi connectivity index (χ0) is 11.5. The lowest BCUT2D eigenvalue weighted by atomic mass is 10.4. The molecule has 0 aromatic carbocycles. The number of carbonyl (C=O) groups is 1. The molecule has 0 atom stereocenters. The molecule has 16 heavy (non-hydrogen) atoms. The van der Waals surface area contributed by atoms with E-state index in [1.165, 1.54) is 11.3 Å². The van der Waals surface area contributed by atoms with Crippen LogP contribution >= 0.6 is 45.5 Å². The Morgan fingerprint density at radius 3 is 2.81 bits per heavy atom. The molecule has 0 saturated heterocycles. The first-order chi connectivity index (χ1) is 7.66. The summed E-state index contributed by atoms with van der Waals surface area (Å²) in [6.07, 6.45) is 1.69. The summed E-state index contributed by atoms with van der Waals surface area (Å²) in [6, 6.07) is 5.32. The summed E-state index contributed by atoms with van der Waals surface area (Å²) in [5, 5.41) is 4.93. The first-order valence-electron chi connectivity index (χ1n) is 4.33. The van der Waals surface area contributed by atoms with Crippen LogP contribution in [0.15, 0.2) is 29.8 Å². The van der Waals surface area contributed by atoms with Gasteiger partial charge < -0.3 is 5.32 Å². The van der Waals surface area contributed by atoms with E-state index in [0.717, 1.165) is 3.57 Å². The summed E-state index contributed by atoms with van der Waals surface area (Å²) in [7, 11) is 0. The largest absolute Gasteiger partial charge is 0.306 e. The van der Waals surface area contributed by atoms with Gasteiger partial charge in [-0.15, -0.1) is 11.3 Å². The van der Waals surface area contributed by atoms with Gasteiger partial charge >= 0.3 is 0 Å². The minimum Gasteiger partial charge on any atom is -0.306 e. The maximum absolute atomic E-state index is 11.8. The molecular weight excluding hydrogens is 359 g/mol. The molecule has 0 aliphatic carbocycles. The van der Waals surface area contributed by atoms with Gasteiger partial charge in [0.25, 0.3) is 5.91 Å². The van der Waals surface area contributed by atoms with E-state index in [1.807, 2.05) is 6.07 Å². The van der Waals surface area contributed by atoms with Gasteiger partial charge in [-0.25, -0.2) is 4.98 Å². The van der Waals surface area contributed by atoms with Crippen LogP contribution in [0.25, 0.3) is 0 Å². The van der Waals surface area contributed by atoms with Gasteiger partial charge in [-0.05, 0) is 46.2 Å². The Morgan fingerprint density at radius 1 is 1.44 bits per heavy atom. The van der Waals surface area contributed by atoms with E-state index < -0.39 is 0 Å². The van der Waals surface area contributed by atoms with Crippen molar-refractivity contribution >= 4 is 57.3 Å². The fourth-order valence-corrected chi connectivity index (χ4v) is 2.43. The average molecular weight is 365 g/mol. The van der Waals surface area contributed by atoms with Gasteiger partial charge in [-0.2, -0.15) is 0 Å². The molecule has 2 rings (SSSR count). The molecule has 0 spiro atoms. The van der Waals surface area contributed by atoms with Gasteiger partial charge in [0, 0.05) is 9.77 Å². The summed E-state index contributed by atoms with van der Waals surface area (Å²) < 4.78 is 1.02. The van der Waals surface area contributed by atoms with Crippen molar-refractivity contribution in [2.45, 2.75) is 0 Å². The number of amides is 1. The second-order valence-corrected chi connectivity index (χ2v) is 5.48. The third-order valence-corrected chi connectivity index (χ3v) is 3.77. The topological polar surface area (TPSA) is 42.0 Å². The second kappa shape index (κ2) is 5.11. The highest BCUT2D eigenvalue weighted by Crippen LogP contribution is 2.22. The van der Waals surface area contributed by atoms with Crippen molar-refractivity contribution < 1.29 is 4.79 Å². The SMILES string of the molecule is O=C(Nc1ccc(I)cn1)c1sccc1Cl. The Kier molecular flexibility index (Phi) is 3.78. The van der Waals surface area contributed by atoms with Crippen LogP contribution < -0.4 is 5.32 Å². The summed E-state index contributed by atoms with van der Waals surface area (Å²) in [5.41, 5.74) is 0. The molecule has 0 aliphatic heterocycles. The van der Waals surface area contributed by atoms with Gasteiger partial charge in [0.2, 0.25) is 0 Å². The van der Waals surface area contributed by atoms with Crippen LogP contribution in [0.5, 0.6) is 0 Å². The smallest absolute Gasteiger partial charge is 0.268 e. The van der Waals surface area contributed by atoms with E-state index in [4.69, 9.17) is 11.6 Å². The molecule has 2 heterocycles. The molecule has 0 saturated carbocycles. The number of rotatable bonds is 2. The van der Waals surface area contributed by atoms with Crippen LogP contribution in [0.4, 0.5) is 5.82 Å². The van der Waals surface area contributed by atoms with Gasteiger partial charge in [-0.3, -0.25) is 4.79 Å². The van der Waals surface area contributed by atoms with E-state index >= 15 is 0 Å². The summed E-state index contributed by atoms with van der Waals surface area (Å²) >= 11 is 9.31. The van der Waals surface area contributed by atoms with Crippen LogP contribution in [0.1, 0.15) is 9.67 Å². The molecule has 82 valence electrons. The quantitative estimate of drug-likeness (QED) is 0.827. The molecule has 6 heteroatoms. The summed E-state index contributed by atoms with van der Waals surface area (Å²) in [4.78, 5) is 16.3. The zero-order valence-corrected chi connectivity index (χ0v) is 11.6. The van der Waals surface area contributed by atoms with Gasteiger partial charge in [0.15, 0.2) is 0 Å². The van der Waals surface area contributed by atoms with Crippen LogP contribution in [0, 0.1) is 3.57 Å². The van der Waals surface area contributed by atoms with Gasteiger partial charge in [0.05, 0.1) is 5.02 Å². The van der Waals surface area contributed by atoms with Crippen molar-refractivity contribution in [1.29, 1.82) is 0 Å². The van der Waals surface area contributed by atoms with Gasteiger partial charge in [-0.1, -0.05) is 11.6 Å². The number of pyridine rings is 1. The molecule has 2 aromatic heterocycles. The number of aromatic nitrogens is 1. The number of carbonyl (C=O) groups excluding carboxylic acids is 1. The highest BCUT2D eigenvalue weighted by molar-refractivity contribution is 14.1. The number of hydrogen-bond acceptors (Lipinski definition) is 3. The van der Waals surface area contributed by atoms with Crippen molar-refractivity contribution in [3.05, 3.63) is 43.2 Å². The Balaban J connectivity index is 2.14. The first kappa shape index (κ1) is 11.8. The maximum atomic E-state index is 11.8. The van der Waals surface area contributed by atoms with Crippen molar-refractivity contribution in [3.8, 4) is 0 Å². The second-order valence-electron chi connectivity index (χ2n) is 2.91. The van der Waals surface area contributed by atoms with Crippen LogP contribution in [-0.4, -0.2) is 10.9 Å². The Bertz CT molecular complexity index is 512. The Morgan fingerprint density at radius 2 is 2.25 bits per heavy atom. The molecule has 0 unspecified atom stereocenters. The summed E-state index contributed by atoms with van der Waals surface area (Å²) in [5.74, 6) is 0.295. The molecule has 0 aliphatic rings. The monoisotopic (exact) mass is 364 g/mol. The summed E-state index contributed by atoms with van der Waals surface area (Å²) in [6.45, 7) is 0. The molecule has 3 nitrogen and oxygen atoms in total. The zero-order valence-electron chi connectivity index (χ0n) is 7.91. The minimum atomic E-state index is -0.228. The molecule has 2 aromatic rings. The highest BCUT2D eigenvalue weighted by Gasteiger charge is 2.12. The van der Waals surface area contributed by atoms with Crippen LogP contribution in [-0.2, 0) is 0 Å². The normalized spacial score (nSPS) is 10.1. The number of hydrogen-bond donors (Lipinski definition) is 1. The predicted molar refractivity (Wildman–Crippen MR) is 74.2 cm³/mol. The molecule has 1 amide bonds. The van der Waals surface area contributed by atoms with Gasteiger partial charge in [0.1, 0.15) is 10.7 Å². The standard InChI is InChI=1S/C10H6ClIN2OS/c11-7-3-4-16-9(7)10(15)14-8-2-1-6(12)5-13-8/h1-5H,(H,13,14,15). The molecule has 0 bridgehead atoms. The number of anilines is 1. The Labute approximate surface area is 115 Å². The molecule has 1 N–H and O–H groups in total. The molecule has 0 fully saturated rings. The van der Waals surface area contributed by atoms with Crippen molar-refractivity contribution in [2.75, 3.05) is 5.32 Å². The van der Waals surface area contributed by atoms with E-state index in [-0.39, 0.29) is 5.91 Å². The lowest BCUT2D eigenvalue weighted by molar-refractivity contribution is 0.103. The third-order valence-electron chi connectivity index (χ3n) is 1.79. The van der Waals surface area contributed by atoms with Crippen molar-refractivity contribution in [3.63, 3.8) is 0 Å². The fraction of sp³-hybridized carbons (Fsp3) is 0. The highest BCUT2D eigenvalue weighted by atomic mass is 127. The molecular formula is C10H6ClIN2OS. The van der Waals surface area contributed by atoms with E-state index in [2.05, 4.69) is 32.9 Å². The van der Waals surface area contributed by atoms with Crippen molar-refractivity contribution in [1.82, 2.24) is 4.98 Å². The number of nitrogens with zero attached hydrogens (tertiary/aromatic N) is 1. The number of halogens is 2. The Hall–Kier alpha value is -0.660.